The van der Waals surface area contributed by atoms with E-state index in [1.54, 1.807) is 11.4 Å². The number of amides is 1. The van der Waals surface area contributed by atoms with Gasteiger partial charge in [0.1, 0.15) is 10.6 Å². The minimum atomic E-state index is -4.81. The third kappa shape index (κ3) is 4.39. The zero-order valence-electron chi connectivity index (χ0n) is 13.1. The van der Waals surface area contributed by atoms with Crippen molar-refractivity contribution in [2.24, 2.45) is 0 Å². The molecule has 136 valence electrons. The number of aromatic nitrogens is 2. The zero-order valence-corrected chi connectivity index (χ0v) is 13.9. The van der Waals surface area contributed by atoms with E-state index >= 15 is 0 Å². The smallest absolute Gasteiger partial charge is 0.406 e. The molecule has 3 aromatic rings. The number of anilines is 1. The second-order valence-corrected chi connectivity index (χ2v) is 6.15. The highest BCUT2D eigenvalue weighted by Gasteiger charge is 2.31. The van der Waals surface area contributed by atoms with Gasteiger partial charge in [-0.05, 0) is 23.6 Å². The summed E-state index contributed by atoms with van der Waals surface area (Å²) in [6, 6.07) is 6.63. The van der Waals surface area contributed by atoms with Crippen molar-refractivity contribution in [1.82, 2.24) is 9.55 Å². The molecule has 0 fully saturated rings. The number of rotatable bonds is 5. The Morgan fingerprint density at radius 1 is 1.31 bits per heavy atom. The molecule has 0 aliphatic heterocycles. The van der Waals surface area contributed by atoms with Crippen molar-refractivity contribution in [1.29, 1.82) is 0 Å². The summed E-state index contributed by atoms with van der Waals surface area (Å²) >= 11 is 1.35. The first kappa shape index (κ1) is 17.9. The van der Waals surface area contributed by atoms with Crippen molar-refractivity contribution in [2.75, 3.05) is 5.32 Å². The molecule has 2 aromatic heterocycles. The summed E-state index contributed by atoms with van der Waals surface area (Å²) in [5, 5.41) is 4.71. The molecule has 0 saturated carbocycles. The fourth-order valence-electron chi connectivity index (χ4n) is 2.27. The molecule has 0 spiro atoms. The standard InChI is InChI=1S/C16H12F3N3O3S/c17-16(18,19)25-11-3-1-2-10(8-11)21-13(23)4-6-22-9-20-14-12(15(22)24)5-7-26-14/h1-3,5,7-9H,4,6H2,(H,21,23). The van der Waals surface area contributed by atoms with E-state index in [9.17, 15) is 22.8 Å². The molecule has 26 heavy (non-hydrogen) atoms. The maximum absolute atomic E-state index is 12.2. The molecule has 0 bridgehead atoms. The van der Waals surface area contributed by atoms with Gasteiger partial charge in [-0.15, -0.1) is 24.5 Å². The average Bonchev–Trinajstić information content (AvgIpc) is 3.02. The van der Waals surface area contributed by atoms with Crippen LogP contribution in [0.2, 0.25) is 0 Å². The van der Waals surface area contributed by atoms with Crippen LogP contribution < -0.4 is 15.6 Å². The van der Waals surface area contributed by atoms with E-state index in [1.165, 1.54) is 34.4 Å². The summed E-state index contributed by atoms with van der Waals surface area (Å²) in [4.78, 5) is 29.0. The van der Waals surface area contributed by atoms with Gasteiger partial charge in [-0.2, -0.15) is 0 Å². The van der Waals surface area contributed by atoms with E-state index in [-0.39, 0.29) is 24.2 Å². The third-order valence-corrected chi connectivity index (χ3v) is 4.20. The average molecular weight is 383 g/mol. The molecule has 6 nitrogen and oxygen atoms in total. The van der Waals surface area contributed by atoms with Gasteiger partial charge < -0.3 is 10.1 Å². The van der Waals surface area contributed by atoms with Crippen molar-refractivity contribution >= 4 is 33.1 Å². The fourth-order valence-corrected chi connectivity index (χ4v) is 2.99. The molecule has 1 amide bonds. The predicted molar refractivity (Wildman–Crippen MR) is 90.3 cm³/mol. The molecule has 0 atom stereocenters. The van der Waals surface area contributed by atoms with Crippen LogP contribution in [-0.4, -0.2) is 21.8 Å². The number of fused-ring (bicyclic) bond motifs is 1. The van der Waals surface area contributed by atoms with Crippen LogP contribution in [-0.2, 0) is 11.3 Å². The summed E-state index contributed by atoms with van der Waals surface area (Å²) in [6.45, 7) is 0.0994. The summed E-state index contributed by atoms with van der Waals surface area (Å²) in [5.41, 5.74) is -0.0832. The molecular weight excluding hydrogens is 371 g/mol. The lowest BCUT2D eigenvalue weighted by Crippen LogP contribution is -2.23. The van der Waals surface area contributed by atoms with Gasteiger partial charge in [0.2, 0.25) is 5.91 Å². The summed E-state index contributed by atoms with van der Waals surface area (Å²) < 4.78 is 41.8. The lowest BCUT2D eigenvalue weighted by molar-refractivity contribution is -0.274. The minimum absolute atomic E-state index is 0.0401. The highest BCUT2D eigenvalue weighted by Crippen LogP contribution is 2.25. The van der Waals surface area contributed by atoms with E-state index in [0.29, 0.717) is 10.2 Å². The number of alkyl halides is 3. The number of halogens is 3. The number of carbonyl (C=O) groups excluding carboxylic acids is 1. The van der Waals surface area contributed by atoms with E-state index in [2.05, 4.69) is 15.0 Å². The largest absolute Gasteiger partial charge is 0.573 e. The summed E-state index contributed by atoms with van der Waals surface area (Å²) in [6.07, 6.45) is -3.48. The Kier molecular flexibility index (Phi) is 4.94. The van der Waals surface area contributed by atoms with Crippen molar-refractivity contribution in [3.63, 3.8) is 0 Å². The molecule has 1 N–H and O–H groups in total. The molecular formula is C16H12F3N3O3S. The van der Waals surface area contributed by atoms with Crippen molar-refractivity contribution < 1.29 is 22.7 Å². The van der Waals surface area contributed by atoms with Crippen molar-refractivity contribution in [3.8, 4) is 5.75 Å². The highest BCUT2D eigenvalue weighted by molar-refractivity contribution is 7.16. The van der Waals surface area contributed by atoms with Crippen LogP contribution in [0.15, 0.2) is 46.8 Å². The van der Waals surface area contributed by atoms with Gasteiger partial charge in [-0.1, -0.05) is 6.07 Å². The van der Waals surface area contributed by atoms with Gasteiger partial charge in [-0.3, -0.25) is 14.2 Å². The normalized spacial score (nSPS) is 11.5. The topological polar surface area (TPSA) is 73.2 Å². The SMILES string of the molecule is O=C(CCn1cnc2sccc2c1=O)Nc1cccc(OC(F)(F)F)c1. The lowest BCUT2D eigenvalue weighted by Gasteiger charge is -2.11. The summed E-state index contributed by atoms with van der Waals surface area (Å²) in [5.74, 6) is -0.884. The first-order chi connectivity index (χ1) is 12.3. The van der Waals surface area contributed by atoms with Gasteiger partial charge in [0.15, 0.2) is 0 Å². The number of hydrogen-bond acceptors (Lipinski definition) is 5. The van der Waals surface area contributed by atoms with Gasteiger partial charge in [-0.25, -0.2) is 4.98 Å². The monoisotopic (exact) mass is 383 g/mol. The Morgan fingerprint density at radius 2 is 2.12 bits per heavy atom. The zero-order chi connectivity index (χ0) is 18.7. The Labute approximate surface area is 148 Å². The molecule has 10 heteroatoms. The molecule has 0 aliphatic rings. The Hall–Kier alpha value is -2.88. The van der Waals surface area contributed by atoms with Crippen LogP contribution in [0.1, 0.15) is 6.42 Å². The van der Waals surface area contributed by atoms with Crippen LogP contribution in [0, 0.1) is 0 Å². The second-order valence-electron chi connectivity index (χ2n) is 5.26. The Morgan fingerprint density at radius 3 is 2.88 bits per heavy atom. The first-order valence-corrected chi connectivity index (χ1v) is 8.28. The van der Waals surface area contributed by atoms with Gasteiger partial charge in [0, 0.05) is 24.7 Å². The molecule has 0 saturated heterocycles. The third-order valence-electron chi connectivity index (χ3n) is 3.38. The van der Waals surface area contributed by atoms with Crippen molar-refractivity contribution in [3.05, 3.63) is 52.4 Å². The number of nitrogens with one attached hydrogen (secondary N) is 1. The number of benzene rings is 1. The number of aryl methyl sites for hydroxylation is 1. The molecule has 3 rings (SSSR count). The van der Waals surface area contributed by atoms with Crippen LogP contribution in [0.3, 0.4) is 0 Å². The van der Waals surface area contributed by atoms with Crippen LogP contribution in [0.4, 0.5) is 18.9 Å². The summed E-state index contributed by atoms with van der Waals surface area (Å²) in [7, 11) is 0. The van der Waals surface area contributed by atoms with E-state index in [4.69, 9.17) is 0 Å². The molecule has 2 heterocycles. The number of carbonyl (C=O) groups is 1. The Balaban J connectivity index is 1.63. The first-order valence-electron chi connectivity index (χ1n) is 7.40. The molecule has 0 radical (unpaired) electrons. The van der Waals surface area contributed by atoms with E-state index in [1.807, 2.05) is 0 Å². The van der Waals surface area contributed by atoms with Crippen LogP contribution in [0.5, 0.6) is 5.75 Å². The van der Waals surface area contributed by atoms with Crippen LogP contribution in [0.25, 0.3) is 10.2 Å². The highest BCUT2D eigenvalue weighted by atomic mass is 32.1. The molecule has 1 aromatic carbocycles. The number of nitrogens with zero attached hydrogens (tertiary/aromatic N) is 2. The lowest BCUT2D eigenvalue weighted by atomic mass is 10.3. The number of hydrogen-bond donors (Lipinski definition) is 1. The van der Waals surface area contributed by atoms with Gasteiger partial charge in [0.25, 0.3) is 5.56 Å². The molecule has 0 aliphatic carbocycles. The maximum atomic E-state index is 12.2. The molecule has 0 unspecified atom stereocenters. The van der Waals surface area contributed by atoms with E-state index in [0.717, 1.165) is 12.1 Å². The van der Waals surface area contributed by atoms with Gasteiger partial charge in [0.05, 0.1) is 11.7 Å². The number of ether oxygens (including phenoxy) is 1. The van der Waals surface area contributed by atoms with Crippen LogP contribution >= 0.6 is 11.3 Å². The quantitative estimate of drug-likeness (QED) is 0.733. The maximum Gasteiger partial charge on any atom is 0.573 e. The predicted octanol–water partition coefficient (Wildman–Crippen LogP) is 3.39. The Bertz CT molecular complexity index is 997. The second kappa shape index (κ2) is 7.16. The fraction of sp³-hybridized carbons (Fsp3) is 0.188. The number of thiophene rings is 1. The van der Waals surface area contributed by atoms with E-state index < -0.39 is 18.0 Å². The van der Waals surface area contributed by atoms with Gasteiger partial charge >= 0.3 is 6.36 Å². The minimum Gasteiger partial charge on any atom is -0.406 e. The van der Waals surface area contributed by atoms with Crippen molar-refractivity contribution in [2.45, 2.75) is 19.3 Å².